The molecule has 1 aliphatic carbocycles. The van der Waals surface area contributed by atoms with Crippen LogP contribution in [0.1, 0.15) is 23.5 Å². The topological polar surface area (TPSA) is 46.5 Å². The fourth-order valence-corrected chi connectivity index (χ4v) is 2.77. The van der Waals surface area contributed by atoms with E-state index < -0.39 is 11.9 Å². The lowest BCUT2D eigenvalue weighted by Gasteiger charge is -2.11. The highest BCUT2D eigenvalue weighted by molar-refractivity contribution is 9.10. The SMILES string of the molecule is COc1ccc(Br)c2c1CC[C@@H]2C(=O)O. The van der Waals surface area contributed by atoms with Crippen LogP contribution in [0, 0.1) is 0 Å². The molecule has 4 heteroatoms. The van der Waals surface area contributed by atoms with Crippen LogP contribution in [0.15, 0.2) is 16.6 Å². The second kappa shape index (κ2) is 3.85. The molecule has 80 valence electrons. The van der Waals surface area contributed by atoms with Gasteiger partial charge >= 0.3 is 5.97 Å². The van der Waals surface area contributed by atoms with Gasteiger partial charge in [0.15, 0.2) is 0 Å². The molecule has 0 heterocycles. The number of hydrogen-bond donors (Lipinski definition) is 1. The van der Waals surface area contributed by atoms with Crippen LogP contribution in [0.4, 0.5) is 0 Å². The number of benzene rings is 1. The first-order chi connectivity index (χ1) is 7.15. The van der Waals surface area contributed by atoms with E-state index in [1.54, 1.807) is 7.11 Å². The van der Waals surface area contributed by atoms with Gasteiger partial charge in [-0.25, -0.2) is 0 Å². The molecule has 1 atom stereocenters. The van der Waals surface area contributed by atoms with Crippen LogP contribution in [0.25, 0.3) is 0 Å². The molecule has 3 nitrogen and oxygen atoms in total. The van der Waals surface area contributed by atoms with Crippen molar-refractivity contribution in [2.75, 3.05) is 7.11 Å². The summed E-state index contributed by atoms with van der Waals surface area (Å²) >= 11 is 3.40. The minimum absolute atomic E-state index is 0.399. The van der Waals surface area contributed by atoms with Crippen molar-refractivity contribution in [3.05, 3.63) is 27.7 Å². The number of methoxy groups -OCH3 is 1. The van der Waals surface area contributed by atoms with Crippen molar-refractivity contribution in [2.45, 2.75) is 18.8 Å². The van der Waals surface area contributed by atoms with E-state index in [2.05, 4.69) is 15.9 Å². The molecule has 1 aromatic rings. The van der Waals surface area contributed by atoms with Gasteiger partial charge in [-0.15, -0.1) is 0 Å². The number of carboxylic acids is 1. The van der Waals surface area contributed by atoms with Gasteiger partial charge in [-0.3, -0.25) is 4.79 Å². The van der Waals surface area contributed by atoms with Crippen LogP contribution in [0.2, 0.25) is 0 Å². The van der Waals surface area contributed by atoms with Crippen molar-refractivity contribution in [3.8, 4) is 5.75 Å². The summed E-state index contributed by atoms with van der Waals surface area (Å²) in [5.41, 5.74) is 1.90. The van der Waals surface area contributed by atoms with Crippen LogP contribution in [-0.4, -0.2) is 18.2 Å². The fraction of sp³-hybridized carbons (Fsp3) is 0.364. The molecule has 0 fully saturated rings. The molecule has 1 aliphatic rings. The van der Waals surface area contributed by atoms with Crippen molar-refractivity contribution in [1.29, 1.82) is 0 Å². The van der Waals surface area contributed by atoms with Gasteiger partial charge in [0.25, 0.3) is 0 Å². The third kappa shape index (κ3) is 1.63. The summed E-state index contributed by atoms with van der Waals surface area (Å²) in [6, 6.07) is 3.71. The molecule has 0 unspecified atom stereocenters. The predicted octanol–water partition coefficient (Wildman–Crippen LogP) is 2.57. The minimum Gasteiger partial charge on any atom is -0.496 e. The van der Waals surface area contributed by atoms with Crippen LogP contribution in [0.5, 0.6) is 5.75 Å². The lowest BCUT2D eigenvalue weighted by atomic mass is 10.0. The molecule has 0 aliphatic heterocycles. The third-order valence-corrected chi connectivity index (χ3v) is 3.50. The lowest BCUT2D eigenvalue weighted by Crippen LogP contribution is -2.08. The molecule has 0 amide bonds. The van der Waals surface area contributed by atoms with Gasteiger partial charge in [0, 0.05) is 4.47 Å². The number of halogens is 1. The second-order valence-electron chi connectivity index (χ2n) is 3.57. The minimum atomic E-state index is -0.761. The van der Waals surface area contributed by atoms with Gasteiger partial charge < -0.3 is 9.84 Å². The maximum Gasteiger partial charge on any atom is 0.311 e. The molecule has 0 spiro atoms. The second-order valence-corrected chi connectivity index (χ2v) is 4.43. The molecule has 2 rings (SSSR count). The van der Waals surface area contributed by atoms with Crippen LogP contribution in [0.3, 0.4) is 0 Å². The lowest BCUT2D eigenvalue weighted by molar-refractivity contribution is -0.138. The predicted molar refractivity (Wildman–Crippen MR) is 59.4 cm³/mol. The summed E-state index contributed by atoms with van der Waals surface area (Å²) in [6.07, 6.45) is 1.43. The fourth-order valence-electron chi connectivity index (χ4n) is 2.12. The summed E-state index contributed by atoms with van der Waals surface area (Å²) in [7, 11) is 1.61. The number of carboxylic acid groups (broad SMARTS) is 1. The Bertz CT molecular complexity index is 415. The van der Waals surface area contributed by atoms with Gasteiger partial charge in [-0.2, -0.15) is 0 Å². The molecule has 1 N–H and O–H groups in total. The Labute approximate surface area is 96.2 Å². The summed E-state index contributed by atoms with van der Waals surface area (Å²) < 4.78 is 6.09. The Morgan fingerprint density at radius 3 is 2.93 bits per heavy atom. The molecule has 0 saturated carbocycles. The average Bonchev–Trinajstić information content (AvgIpc) is 2.63. The van der Waals surface area contributed by atoms with E-state index >= 15 is 0 Å². The van der Waals surface area contributed by atoms with Gasteiger partial charge in [-0.05, 0) is 36.1 Å². The van der Waals surface area contributed by atoms with Crippen LogP contribution in [-0.2, 0) is 11.2 Å². The van der Waals surface area contributed by atoms with Crippen molar-refractivity contribution in [2.24, 2.45) is 0 Å². The smallest absolute Gasteiger partial charge is 0.311 e. The van der Waals surface area contributed by atoms with E-state index in [0.717, 1.165) is 27.8 Å². The first kappa shape index (κ1) is 10.5. The first-order valence-electron chi connectivity index (χ1n) is 4.73. The van der Waals surface area contributed by atoms with E-state index in [-0.39, 0.29) is 0 Å². The molecule has 1 aromatic carbocycles. The van der Waals surface area contributed by atoms with E-state index in [1.165, 1.54) is 0 Å². The monoisotopic (exact) mass is 270 g/mol. The third-order valence-electron chi connectivity index (χ3n) is 2.81. The summed E-state index contributed by atoms with van der Waals surface area (Å²) in [5.74, 6) is -0.371. The average molecular weight is 271 g/mol. The van der Waals surface area contributed by atoms with Crippen molar-refractivity contribution >= 4 is 21.9 Å². The Hall–Kier alpha value is -1.03. The number of fused-ring (bicyclic) bond motifs is 1. The quantitative estimate of drug-likeness (QED) is 0.899. The maximum atomic E-state index is 11.1. The first-order valence-corrected chi connectivity index (χ1v) is 5.52. The van der Waals surface area contributed by atoms with Gasteiger partial charge in [-0.1, -0.05) is 15.9 Å². The van der Waals surface area contributed by atoms with E-state index in [0.29, 0.717) is 6.42 Å². The maximum absolute atomic E-state index is 11.1. The molecule has 15 heavy (non-hydrogen) atoms. The van der Waals surface area contributed by atoms with E-state index in [4.69, 9.17) is 9.84 Å². The van der Waals surface area contributed by atoms with Gasteiger partial charge in [0.1, 0.15) is 5.75 Å². The summed E-state index contributed by atoms with van der Waals surface area (Å²) in [6.45, 7) is 0. The van der Waals surface area contributed by atoms with E-state index in [9.17, 15) is 4.79 Å². The number of hydrogen-bond acceptors (Lipinski definition) is 2. The highest BCUT2D eigenvalue weighted by atomic mass is 79.9. The zero-order chi connectivity index (χ0) is 11.0. The highest BCUT2D eigenvalue weighted by Gasteiger charge is 2.32. The molecule has 0 saturated heterocycles. The molecule has 0 aromatic heterocycles. The van der Waals surface area contributed by atoms with Gasteiger partial charge in [0.05, 0.1) is 13.0 Å². The van der Waals surface area contributed by atoms with Crippen LogP contribution < -0.4 is 4.74 Å². The molecule has 0 radical (unpaired) electrons. The normalized spacial score (nSPS) is 18.7. The number of ether oxygens (including phenoxy) is 1. The largest absolute Gasteiger partial charge is 0.496 e. The number of aliphatic carboxylic acids is 1. The Morgan fingerprint density at radius 2 is 2.33 bits per heavy atom. The Morgan fingerprint density at radius 1 is 1.60 bits per heavy atom. The molecule has 0 bridgehead atoms. The van der Waals surface area contributed by atoms with E-state index in [1.807, 2.05) is 12.1 Å². The van der Waals surface area contributed by atoms with Crippen molar-refractivity contribution in [3.63, 3.8) is 0 Å². The zero-order valence-corrected chi connectivity index (χ0v) is 9.87. The standard InChI is InChI=1S/C11H11BrO3/c1-15-9-5-4-8(12)10-6(9)2-3-7(10)11(13)14/h4-5,7H,2-3H2,1H3,(H,13,14)/t7-/m0/s1. The zero-order valence-electron chi connectivity index (χ0n) is 8.29. The summed E-state index contributed by atoms with van der Waals surface area (Å²) in [5, 5.41) is 9.09. The Kier molecular flexibility index (Phi) is 2.69. The van der Waals surface area contributed by atoms with Crippen molar-refractivity contribution < 1.29 is 14.6 Å². The van der Waals surface area contributed by atoms with Crippen LogP contribution >= 0.6 is 15.9 Å². The number of rotatable bonds is 2. The Balaban J connectivity index is 2.56. The molecular weight excluding hydrogens is 260 g/mol. The molecular formula is C11H11BrO3. The highest BCUT2D eigenvalue weighted by Crippen LogP contribution is 2.42. The van der Waals surface area contributed by atoms with Gasteiger partial charge in [0.2, 0.25) is 0 Å². The van der Waals surface area contributed by atoms with Crippen molar-refractivity contribution in [1.82, 2.24) is 0 Å². The number of carbonyl (C=O) groups is 1. The summed E-state index contributed by atoms with van der Waals surface area (Å²) in [4.78, 5) is 11.1.